The molecule has 1 N–H and O–H groups in total. The van der Waals surface area contributed by atoms with E-state index in [1.165, 1.54) is 12.1 Å². The Morgan fingerprint density at radius 1 is 1.06 bits per heavy atom. The van der Waals surface area contributed by atoms with Gasteiger partial charge in [0.1, 0.15) is 0 Å². The first-order valence-electron chi connectivity index (χ1n) is 5.98. The second kappa shape index (κ2) is 5.08. The Morgan fingerprint density at radius 3 is 2.59 bits per heavy atom. The van der Waals surface area contributed by atoms with E-state index in [1.807, 2.05) is 0 Å². The number of hydrogen-bond acceptors (Lipinski definition) is 1. The highest BCUT2D eigenvalue weighted by Crippen LogP contribution is 2.36. The first-order chi connectivity index (χ1) is 8.09. The Morgan fingerprint density at radius 2 is 1.82 bits per heavy atom. The fourth-order valence-corrected chi connectivity index (χ4v) is 2.35. The monoisotopic (exact) mass is 243 g/mol. The number of hydrogen-bond donors (Lipinski definition) is 1. The van der Waals surface area contributed by atoms with Crippen molar-refractivity contribution in [1.82, 2.24) is 5.32 Å². The normalized spacial score (nSPS) is 22.2. The lowest BCUT2D eigenvalue weighted by atomic mass is 9.96. The quantitative estimate of drug-likeness (QED) is 0.788. The van der Waals surface area contributed by atoms with Crippen molar-refractivity contribution in [3.05, 3.63) is 35.4 Å². The number of rotatable bonds is 1. The minimum atomic E-state index is -4.26. The highest BCUT2D eigenvalue weighted by molar-refractivity contribution is 5.32. The van der Waals surface area contributed by atoms with Crippen LogP contribution in [0.2, 0.25) is 0 Å². The zero-order valence-corrected chi connectivity index (χ0v) is 9.56. The molecule has 4 heteroatoms. The topological polar surface area (TPSA) is 12.0 Å². The lowest BCUT2D eigenvalue weighted by Crippen LogP contribution is -2.23. The molecule has 0 saturated carbocycles. The van der Waals surface area contributed by atoms with Gasteiger partial charge in [-0.2, -0.15) is 13.2 Å². The maximum absolute atomic E-state index is 12.9. The lowest BCUT2D eigenvalue weighted by molar-refractivity contribution is -0.138. The molecule has 0 bridgehead atoms. The van der Waals surface area contributed by atoms with Crippen LogP contribution in [0.3, 0.4) is 0 Å². The molecule has 0 radical (unpaired) electrons. The molecule has 94 valence electrons. The Labute approximate surface area is 99.0 Å². The lowest BCUT2D eigenvalue weighted by Gasteiger charge is -2.21. The summed E-state index contributed by atoms with van der Waals surface area (Å²) in [5.74, 6) is 0. The van der Waals surface area contributed by atoms with Gasteiger partial charge >= 0.3 is 6.18 Å². The molecular weight excluding hydrogens is 227 g/mol. The molecule has 0 aliphatic carbocycles. The summed E-state index contributed by atoms with van der Waals surface area (Å²) in [4.78, 5) is 0. The van der Waals surface area contributed by atoms with Crippen LogP contribution in [0, 0.1) is 0 Å². The summed E-state index contributed by atoms with van der Waals surface area (Å²) in [7, 11) is 0. The third-order valence-electron chi connectivity index (χ3n) is 3.20. The van der Waals surface area contributed by atoms with Crippen molar-refractivity contribution in [2.24, 2.45) is 0 Å². The summed E-state index contributed by atoms with van der Waals surface area (Å²) in [6.07, 6.45) is -0.343. The van der Waals surface area contributed by atoms with Crippen molar-refractivity contribution in [1.29, 1.82) is 0 Å². The van der Waals surface area contributed by atoms with Crippen LogP contribution in [0.1, 0.15) is 42.9 Å². The fourth-order valence-electron chi connectivity index (χ4n) is 2.35. The maximum Gasteiger partial charge on any atom is 0.416 e. The second-order valence-corrected chi connectivity index (χ2v) is 4.44. The predicted molar refractivity (Wildman–Crippen MR) is 60.7 cm³/mol. The largest absolute Gasteiger partial charge is 0.416 e. The van der Waals surface area contributed by atoms with Crippen LogP contribution in [0.4, 0.5) is 13.2 Å². The van der Waals surface area contributed by atoms with E-state index in [-0.39, 0.29) is 6.04 Å². The highest BCUT2D eigenvalue weighted by atomic mass is 19.4. The van der Waals surface area contributed by atoms with E-state index in [4.69, 9.17) is 0 Å². The molecule has 1 atom stereocenters. The Hall–Kier alpha value is -1.03. The maximum atomic E-state index is 12.9. The first-order valence-corrected chi connectivity index (χ1v) is 5.98. The van der Waals surface area contributed by atoms with E-state index >= 15 is 0 Å². The van der Waals surface area contributed by atoms with Crippen molar-refractivity contribution >= 4 is 0 Å². The summed E-state index contributed by atoms with van der Waals surface area (Å²) >= 11 is 0. The number of nitrogens with one attached hydrogen (secondary N) is 1. The van der Waals surface area contributed by atoms with Crippen LogP contribution < -0.4 is 5.32 Å². The van der Waals surface area contributed by atoms with Gasteiger partial charge in [-0.25, -0.2) is 0 Å². The fraction of sp³-hybridized carbons (Fsp3) is 0.538. The summed E-state index contributed by atoms with van der Waals surface area (Å²) in [6.45, 7) is 0.802. The molecule has 1 nitrogen and oxygen atoms in total. The zero-order valence-electron chi connectivity index (χ0n) is 9.56. The van der Waals surface area contributed by atoms with Gasteiger partial charge in [0.25, 0.3) is 0 Å². The minimum Gasteiger partial charge on any atom is -0.310 e. The van der Waals surface area contributed by atoms with Gasteiger partial charge in [0.15, 0.2) is 0 Å². The molecule has 0 aromatic heterocycles. The van der Waals surface area contributed by atoms with Crippen LogP contribution >= 0.6 is 0 Å². The van der Waals surface area contributed by atoms with E-state index in [1.54, 1.807) is 12.1 Å². The van der Waals surface area contributed by atoms with E-state index < -0.39 is 11.7 Å². The number of benzene rings is 1. The van der Waals surface area contributed by atoms with Gasteiger partial charge in [-0.05, 0) is 31.0 Å². The van der Waals surface area contributed by atoms with Gasteiger partial charge in [0.2, 0.25) is 0 Å². The molecule has 1 fully saturated rings. The summed E-state index contributed by atoms with van der Waals surface area (Å²) in [5.41, 5.74) is -0.110. The van der Waals surface area contributed by atoms with E-state index in [0.717, 1.165) is 32.2 Å². The van der Waals surface area contributed by atoms with Crippen LogP contribution in [0.5, 0.6) is 0 Å². The molecule has 2 rings (SSSR count). The first kappa shape index (κ1) is 12.4. The highest BCUT2D eigenvalue weighted by Gasteiger charge is 2.34. The molecule has 17 heavy (non-hydrogen) atoms. The summed E-state index contributed by atoms with van der Waals surface area (Å²) < 4.78 is 38.6. The van der Waals surface area contributed by atoms with Crippen LogP contribution in [-0.4, -0.2) is 6.54 Å². The summed E-state index contributed by atoms with van der Waals surface area (Å²) in [5, 5.41) is 3.21. The number of alkyl halides is 3. The SMILES string of the molecule is FC(F)(F)c1ccccc1[C@@H]1CCCCCN1. The van der Waals surface area contributed by atoms with Crippen molar-refractivity contribution < 1.29 is 13.2 Å². The van der Waals surface area contributed by atoms with Crippen molar-refractivity contribution in [2.75, 3.05) is 6.54 Å². The molecular formula is C13H16F3N. The van der Waals surface area contributed by atoms with Gasteiger partial charge in [0.05, 0.1) is 5.56 Å². The Balaban J connectivity index is 2.30. The molecule has 1 saturated heterocycles. The molecule has 0 amide bonds. The smallest absolute Gasteiger partial charge is 0.310 e. The second-order valence-electron chi connectivity index (χ2n) is 4.44. The average Bonchev–Trinajstić information content (AvgIpc) is 2.56. The minimum absolute atomic E-state index is 0.157. The van der Waals surface area contributed by atoms with Gasteiger partial charge < -0.3 is 5.32 Å². The van der Waals surface area contributed by atoms with Gasteiger partial charge in [-0.3, -0.25) is 0 Å². The summed E-state index contributed by atoms with van der Waals surface area (Å²) in [6, 6.07) is 5.73. The third kappa shape index (κ3) is 3.00. The van der Waals surface area contributed by atoms with E-state index in [9.17, 15) is 13.2 Å². The van der Waals surface area contributed by atoms with Crippen molar-refractivity contribution in [3.8, 4) is 0 Å². The molecule has 1 aromatic rings. The number of halogens is 3. The van der Waals surface area contributed by atoms with Gasteiger partial charge in [-0.15, -0.1) is 0 Å². The third-order valence-corrected chi connectivity index (χ3v) is 3.20. The molecule has 0 unspecified atom stereocenters. The van der Waals surface area contributed by atoms with E-state index in [0.29, 0.717) is 5.56 Å². The Kier molecular flexibility index (Phi) is 3.72. The zero-order chi connectivity index (χ0) is 12.3. The molecule has 1 aromatic carbocycles. The standard InChI is InChI=1S/C13H16F3N/c14-13(15,16)11-7-4-3-6-10(11)12-8-2-1-5-9-17-12/h3-4,6-7,12,17H,1-2,5,8-9H2/t12-/m0/s1. The molecule has 0 spiro atoms. The van der Waals surface area contributed by atoms with Crippen LogP contribution in [0.25, 0.3) is 0 Å². The average molecular weight is 243 g/mol. The predicted octanol–water partition coefficient (Wildman–Crippen LogP) is 3.91. The van der Waals surface area contributed by atoms with Crippen molar-refractivity contribution in [2.45, 2.75) is 37.9 Å². The van der Waals surface area contributed by atoms with E-state index in [2.05, 4.69) is 5.32 Å². The van der Waals surface area contributed by atoms with Crippen LogP contribution in [0.15, 0.2) is 24.3 Å². The van der Waals surface area contributed by atoms with Crippen LogP contribution in [-0.2, 0) is 6.18 Å². The van der Waals surface area contributed by atoms with Gasteiger partial charge in [-0.1, -0.05) is 31.0 Å². The van der Waals surface area contributed by atoms with Gasteiger partial charge in [0, 0.05) is 6.04 Å². The van der Waals surface area contributed by atoms with Crippen molar-refractivity contribution in [3.63, 3.8) is 0 Å². The Bertz CT molecular complexity index is 365. The molecule has 1 aliphatic heterocycles. The molecule has 1 aliphatic rings. The molecule has 1 heterocycles.